The van der Waals surface area contributed by atoms with Gasteiger partial charge in [0, 0.05) is 0 Å². The quantitative estimate of drug-likeness (QED) is 0.200. The van der Waals surface area contributed by atoms with Crippen LogP contribution >= 0.6 is 12.2 Å². The van der Waals surface area contributed by atoms with Crippen LogP contribution < -0.4 is 15.9 Å². The first-order chi connectivity index (χ1) is 11.4. The lowest BCUT2D eigenvalue weighted by Gasteiger charge is -2.39. The van der Waals surface area contributed by atoms with Gasteiger partial charge >= 0.3 is 0 Å². The molecule has 2 rings (SSSR count). The number of aliphatic hydroxyl groups excluding tert-OH is 4. The molecule has 0 spiro atoms. The molecule has 0 radical (unpaired) electrons. The second kappa shape index (κ2) is 8.33. The normalized spacial score (nSPS) is 30.2. The molecule has 1 aromatic carbocycles. The SMILES string of the molecule is NC(=S)N/N=C\c1ccc(O[C@@H]2O[C@H](CO)[C@@H](O)[C@H](O)[C@H]2O)cc1. The maximum atomic E-state index is 9.91. The number of nitrogens with two attached hydrogens (primary N) is 1. The lowest BCUT2D eigenvalue weighted by Crippen LogP contribution is -2.60. The largest absolute Gasteiger partial charge is 0.462 e. The fraction of sp³-hybridized carbons (Fsp3) is 0.429. The molecule has 0 unspecified atom stereocenters. The predicted molar refractivity (Wildman–Crippen MR) is 88.4 cm³/mol. The number of aliphatic hydroxyl groups is 4. The Bertz CT molecular complexity index is 582. The topological polar surface area (TPSA) is 150 Å². The van der Waals surface area contributed by atoms with Gasteiger partial charge in [-0.25, -0.2) is 0 Å². The van der Waals surface area contributed by atoms with Crippen LogP contribution in [-0.4, -0.2) is 69.1 Å². The van der Waals surface area contributed by atoms with E-state index in [9.17, 15) is 15.3 Å². The summed E-state index contributed by atoms with van der Waals surface area (Å²) in [4.78, 5) is 0. The Morgan fingerprint density at radius 1 is 1.25 bits per heavy atom. The third kappa shape index (κ3) is 4.60. The van der Waals surface area contributed by atoms with Crippen molar-refractivity contribution in [3.05, 3.63) is 29.8 Å². The van der Waals surface area contributed by atoms with Gasteiger partial charge in [-0.1, -0.05) is 0 Å². The van der Waals surface area contributed by atoms with Crippen molar-refractivity contribution in [2.45, 2.75) is 30.7 Å². The molecule has 5 atom stereocenters. The summed E-state index contributed by atoms with van der Waals surface area (Å²) in [5, 5.41) is 42.3. The van der Waals surface area contributed by atoms with Gasteiger partial charge in [-0.2, -0.15) is 5.10 Å². The van der Waals surface area contributed by atoms with Crippen LogP contribution in [0.25, 0.3) is 0 Å². The zero-order chi connectivity index (χ0) is 17.7. The maximum Gasteiger partial charge on any atom is 0.229 e. The first-order valence-electron chi connectivity index (χ1n) is 7.08. The minimum atomic E-state index is -1.49. The van der Waals surface area contributed by atoms with Gasteiger partial charge in [0.25, 0.3) is 0 Å². The number of ether oxygens (including phenoxy) is 2. The molecule has 9 nitrogen and oxygen atoms in total. The smallest absolute Gasteiger partial charge is 0.229 e. The number of hydrogen-bond acceptors (Lipinski definition) is 8. The Morgan fingerprint density at radius 2 is 1.92 bits per heavy atom. The van der Waals surface area contributed by atoms with Crippen molar-refractivity contribution in [3.63, 3.8) is 0 Å². The highest BCUT2D eigenvalue weighted by molar-refractivity contribution is 7.80. The van der Waals surface area contributed by atoms with E-state index in [1.165, 1.54) is 6.21 Å². The highest BCUT2D eigenvalue weighted by Gasteiger charge is 2.44. The zero-order valence-corrected chi connectivity index (χ0v) is 13.3. The zero-order valence-electron chi connectivity index (χ0n) is 12.5. The fourth-order valence-corrected chi connectivity index (χ4v) is 2.15. The second-order valence-electron chi connectivity index (χ2n) is 5.12. The van der Waals surface area contributed by atoms with Gasteiger partial charge in [0.1, 0.15) is 30.2 Å². The Morgan fingerprint density at radius 3 is 2.50 bits per heavy atom. The molecule has 1 heterocycles. The number of thiocarbonyl (C=S) groups is 1. The highest BCUT2D eigenvalue weighted by Crippen LogP contribution is 2.24. The standard InChI is InChI=1S/C14H19N3O6S/c15-14(24)17-16-5-7-1-3-8(4-2-7)22-13-12(21)11(20)10(19)9(6-18)23-13/h1-5,9-13,18-21H,6H2,(H3,15,17,24)/b16-5-/t9-,10-,11+,12-,13-/m1/s1. The van der Waals surface area contributed by atoms with Crippen LogP contribution in [0.2, 0.25) is 0 Å². The van der Waals surface area contributed by atoms with Gasteiger partial charge in [-0.05, 0) is 42.0 Å². The van der Waals surface area contributed by atoms with Crippen molar-refractivity contribution in [2.75, 3.05) is 6.61 Å². The number of hydrazone groups is 1. The van der Waals surface area contributed by atoms with Gasteiger partial charge < -0.3 is 35.6 Å². The molecule has 1 saturated heterocycles. The van der Waals surface area contributed by atoms with E-state index in [4.69, 9.17) is 20.3 Å². The van der Waals surface area contributed by atoms with Crippen LogP contribution in [0.1, 0.15) is 5.56 Å². The van der Waals surface area contributed by atoms with E-state index in [-0.39, 0.29) is 5.11 Å². The monoisotopic (exact) mass is 357 g/mol. The van der Waals surface area contributed by atoms with Crippen LogP contribution in [0.15, 0.2) is 29.4 Å². The number of benzene rings is 1. The predicted octanol–water partition coefficient (Wildman–Crippen LogP) is -1.97. The maximum absolute atomic E-state index is 9.91. The Balaban J connectivity index is 2.00. The molecule has 10 heteroatoms. The molecule has 0 saturated carbocycles. The Labute approximate surface area is 143 Å². The van der Waals surface area contributed by atoms with Crippen molar-refractivity contribution in [1.82, 2.24) is 5.43 Å². The van der Waals surface area contributed by atoms with E-state index in [2.05, 4.69) is 22.7 Å². The van der Waals surface area contributed by atoms with E-state index in [0.717, 1.165) is 5.56 Å². The number of nitrogens with zero attached hydrogens (tertiary/aromatic N) is 1. The molecule has 0 bridgehead atoms. The van der Waals surface area contributed by atoms with E-state index in [1.54, 1.807) is 24.3 Å². The molecule has 7 N–H and O–H groups in total. The van der Waals surface area contributed by atoms with E-state index < -0.39 is 37.3 Å². The van der Waals surface area contributed by atoms with Gasteiger partial charge in [0.05, 0.1) is 12.8 Å². The van der Waals surface area contributed by atoms with Crippen molar-refractivity contribution in [1.29, 1.82) is 0 Å². The molecule has 1 aliphatic heterocycles. The first kappa shape index (κ1) is 18.5. The van der Waals surface area contributed by atoms with Gasteiger partial charge in [-0.15, -0.1) is 0 Å². The van der Waals surface area contributed by atoms with Gasteiger partial charge in [-0.3, -0.25) is 5.43 Å². The molecule has 1 aliphatic rings. The highest BCUT2D eigenvalue weighted by atomic mass is 32.1. The first-order valence-corrected chi connectivity index (χ1v) is 7.49. The van der Waals surface area contributed by atoms with Crippen LogP contribution in [0, 0.1) is 0 Å². The Hall–Kier alpha value is -1.82. The molecule has 0 amide bonds. The van der Waals surface area contributed by atoms with Crippen molar-refractivity contribution in [3.8, 4) is 5.75 Å². The van der Waals surface area contributed by atoms with E-state index >= 15 is 0 Å². The third-order valence-electron chi connectivity index (χ3n) is 3.37. The minimum Gasteiger partial charge on any atom is -0.462 e. The molecule has 1 fully saturated rings. The molecule has 132 valence electrons. The minimum absolute atomic E-state index is 0.0498. The number of rotatable bonds is 5. The number of hydrogen-bond donors (Lipinski definition) is 6. The average molecular weight is 357 g/mol. The van der Waals surface area contributed by atoms with Crippen molar-refractivity contribution in [2.24, 2.45) is 10.8 Å². The van der Waals surface area contributed by atoms with Gasteiger partial charge in [0.15, 0.2) is 5.11 Å². The van der Waals surface area contributed by atoms with Crippen LogP contribution in [0.4, 0.5) is 0 Å². The summed E-state index contributed by atoms with van der Waals surface area (Å²) in [6.45, 7) is -0.518. The van der Waals surface area contributed by atoms with Crippen LogP contribution in [-0.2, 0) is 4.74 Å². The van der Waals surface area contributed by atoms with Gasteiger partial charge in [0.2, 0.25) is 6.29 Å². The molecule has 24 heavy (non-hydrogen) atoms. The summed E-state index contributed by atoms with van der Waals surface area (Å²) in [7, 11) is 0. The van der Waals surface area contributed by atoms with E-state index in [0.29, 0.717) is 5.75 Å². The summed E-state index contributed by atoms with van der Waals surface area (Å²) in [5.74, 6) is 0.360. The fourth-order valence-electron chi connectivity index (χ4n) is 2.10. The van der Waals surface area contributed by atoms with Crippen molar-refractivity contribution >= 4 is 23.5 Å². The molecule has 0 aliphatic carbocycles. The Kier molecular flexibility index (Phi) is 6.43. The molecule has 0 aromatic heterocycles. The lowest BCUT2D eigenvalue weighted by atomic mass is 9.99. The molecule has 1 aromatic rings. The average Bonchev–Trinajstić information content (AvgIpc) is 2.56. The summed E-state index contributed by atoms with van der Waals surface area (Å²) < 4.78 is 10.7. The number of nitrogens with one attached hydrogen (secondary N) is 1. The van der Waals surface area contributed by atoms with E-state index in [1.807, 2.05) is 0 Å². The second-order valence-corrected chi connectivity index (χ2v) is 5.56. The van der Waals surface area contributed by atoms with Crippen LogP contribution in [0.5, 0.6) is 5.75 Å². The summed E-state index contributed by atoms with van der Waals surface area (Å²) >= 11 is 4.61. The third-order valence-corrected chi connectivity index (χ3v) is 3.46. The lowest BCUT2D eigenvalue weighted by molar-refractivity contribution is -0.277. The van der Waals surface area contributed by atoms with Crippen molar-refractivity contribution < 1.29 is 29.9 Å². The summed E-state index contributed by atoms with van der Waals surface area (Å²) in [5.41, 5.74) is 8.39. The summed E-state index contributed by atoms with van der Waals surface area (Å²) in [6.07, 6.45) is -5.12. The molecular formula is C14H19N3O6S. The van der Waals surface area contributed by atoms with Crippen LogP contribution in [0.3, 0.4) is 0 Å². The molecular weight excluding hydrogens is 338 g/mol. The summed E-state index contributed by atoms with van der Waals surface area (Å²) in [6, 6.07) is 6.57.